The summed E-state index contributed by atoms with van der Waals surface area (Å²) >= 11 is 0. The summed E-state index contributed by atoms with van der Waals surface area (Å²) in [4.78, 5) is 6.70. The van der Waals surface area contributed by atoms with E-state index in [9.17, 15) is 0 Å². The highest BCUT2D eigenvalue weighted by atomic mass is 15.3. The molecule has 0 aliphatic carbocycles. The number of hydrogen-bond acceptors (Lipinski definition) is 3. The Morgan fingerprint density at radius 2 is 1.95 bits per heavy atom. The molecule has 0 radical (unpaired) electrons. The van der Waals surface area contributed by atoms with Crippen molar-refractivity contribution in [3.63, 3.8) is 0 Å². The van der Waals surface area contributed by atoms with Gasteiger partial charge in [0.1, 0.15) is 0 Å². The van der Waals surface area contributed by atoms with Crippen LogP contribution in [0.5, 0.6) is 0 Å². The molecule has 1 saturated heterocycles. The second kappa shape index (κ2) is 6.70. The molecule has 1 aliphatic heterocycles. The average Bonchev–Trinajstić information content (AvgIpc) is 3.14. The van der Waals surface area contributed by atoms with Gasteiger partial charge in [-0.1, -0.05) is 0 Å². The van der Waals surface area contributed by atoms with E-state index in [0.29, 0.717) is 0 Å². The highest BCUT2D eigenvalue weighted by molar-refractivity contribution is 4.79. The van der Waals surface area contributed by atoms with Gasteiger partial charge in [-0.2, -0.15) is 5.10 Å². The summed E-state index contributed by atoms with van der Waals surface area (Å²) in [6.45, 7) is 5.82. The Bertz CT molecular complexity index is 468. The molecule has 0 bridgehead atoms. The van der Waals surface area contributed by atoms with Crippen LogP contribution in [-0.4, -0.2) is 43.9 Å². The van der Waals surface area contributed by atoms with Crippen molar-refractivity contribution < 1.29 is 0 Å². The monoisotopic (exact) mass is 273 g/mol. The SMILES string of the molecule is c1cnn(CCCN2CCC(Cn3ccnc3)CC2)c1. The molecule has 2 aromatic heterocycles. The Hall–Kier alpha value is -1.62. The van der Waals surface area contributed by atoms with Crippen molar-refractivity contribution in [2.75, 3.05) is 19.6 Å². The Balaban J connectivity index is 1.34. The van der Waals surface area contributed by atoms with Crippen LogP contribution in [0.4, 0.5) is 0 Å². The minimum atomic E-state index is 0.812. The lowest BCUT2D eigenvalue weighted by Crippen LogP contribution is -2.35. The summed E-state index contributed by atoms with van der Waals surface area (Å²) in [7, 11) is 0. The molecular weight excluding hydrogens is 250 g/mol. The molecule has 0 spiro atoms. The van der Waals surface area contributed by atoms with Gasteiger partial charge >= 0.3 is 0 Å². The van der Waals surface area contributed by atoms with Gasteiger partial charge in [0.05, 0.1) is 6.33 Å². The minimum Gasteiger partial charge on any atom is -0.337 e. The number of hydrogen-bond donors (Lipinski definition) is 0. The van der Waals surface area contributed by atoms with Crippen molar-refractivity contribution in [1.82, 2.24) is 24.2 Å². The van der Waals surface area contributed by atoms with E-state index in [4.69, 9.17) is 0 Å². The molecule has 5 nitrogen and oxygen atoms in total. The van der Waals surface area contributed by atoms with Gasteiger partial charge in [0.2, 0.25) is 0 Å². The third-order valence-electron chi connectivity index (χ3n) is 4.16. The van der Waals surface area contributed by atoms with Gasteiger partial charge < -0.3 is 9.47 Å². The van der Waals surface area contributed by atoms with E-state index in [1.165, 1.54) is 38.9 Å². The fourth-order valence-corrected chi connectivity index (χ4v) is 2.97. The zero-order valence-corrected chi connectivity index (χ0v) is 11.9. The highest BCUT2D eigenvalue weighted by Crippen LogP contribution is 2.19. The van der Waals surface area contributed by atoms with Gasteiger partial charge in [-0.3, -0.25) is 4.68 Å². The number of aryl methyl sites for hydroxylation is 1. The third kappa shape index (κ3) is 3.70. The first kappa shape index (κ1) is 13.4. The maximum atomic E-state index is 4.24. The summed E-state index contributed by atoms with van der Waals surface area (Å²) in [6, 6.07) is 1.99. The van der Waals surface area contributed by atoms with Gasteiger partial charge in [0.15, 0.2) is 0 Å². The lowest BCUT2D eigenvalue weighted by molar-refractivity contribution is 0.169. The normalized spacial score (nSPS) is 17.6. The fourth-order valence-electron chi connectivity index (χ4n) is 2.97. The summed E-state index contributed by atoms with van der Waals surface area (Å²) in [6.07, 6.45) is 13.5. The number of imidazole rings is 1. The molecule has 1 fully saturated rings. The molecule has 3 rings (SSSR count). The molecule has 0 N–H and O–H groups in total. The predicted molar refractivity (Wildman–Crippen MR) is 78.2 cm³/mol. The molecule has 5 heteroatoms. The second-order valence-corrected chi connectivity index (χ2v) is 5.67. The molecular formula is C15H23N5. The third-order valence-corrected chi connectivity index (χ3v) is 4.16. The number of piperidine rings is 1. The smallest absolute Gasteiger partial charge is 0.0945 e. The maximum absolute atomic E-state index is 4.24. The van der Waals surface area contributed by atoms with Gasteiger partial charge in [-0.15, -0.1) is 0 Å². The molecule has 0 aromatic carbocycles. The van der Waals surface area contributed by atoms with E-state index in [1.807, 2.05) is 35.7 Å². The largest absolute Gasteiger partial charge is 0.337 e. The van der Waals surface area contributed by atoms with E-state index >= 15 is 0 Å². The Morgan fingerprint density at radius 1 is 1.05 bits per heavy atom. The Kier molecular flexibility index (Phi) is 4.48. The van der Waals surface area contributed by atoms with Crippen LogP contribution >= 0.6 is 0 Å². The molecule has 0 unspecified atom stereocenters. The maximum Gasteiger partial charge on any atom is 0.0945 e. The van der Waals surface area contributed by atoms with Crippen molar-refractivity contribution in [3.8, 4) is 0 Å². The van der Waals surface area contributed by atoms with Crippen molar-refractivity contribution in [1.29, 1.82) is 0 Å². The Labute approximate surface area is 120 Å². The molecule has 0 atom stereocenters. The van der Waals surface area contributed by atoms with Crippen molar-refractivity contribution in [2.45, 2.75) is 32.4 Å². The van der Waals surface area contributed by atoms with Crippen LogP contribution in [-0.2, 0) is 13.1 Å². The van der Waals surface area contributed by atoms with Crippen LogP contribution in [0.2, 0.25) is 0 Å². The first-order valence-corrected chi connectivity index (χ1v) is 7.56. The van der Waals surface area contributed by atoms with E-state index in [0.717, 1.165) is 19.0 Å². The number of rotatable bonds is 6. The van der Waals surface area contributed by atoms with Gasteiger partial charge in [-0.05, 0) is 50.9 Å². The van der Waals surface area contributed by atoms with Crippen molar-refractivity contribution >= 4 is 0 Å². The van der Waals surface area contributed by atoms with Crippen LogP contribution in [0, 0.1) is 5.92 Å². The summed E-state index contributed by atoms with van der Waals surface area (Å²) in [5, 5.41) is 4.24. The first-order chi connectivity index (χ1) is 9.90. The van der Waals surface area contributed by atoms with Crippen LogP contribution in [0.15, 0.2) is 37.2 Å². The van der Waals surface area contributed by atoms with E-state index in [1.54, 1.807) is 0 Å². The van der Waals surface area contributed by atoms with Gasteiger partial charge in [-0.25, -0.2) is 4.98 Å². The van der Waals surface area contributed by atoms with E-state index < -0.39 is 0 Å². The topological polar surface area (TPSA) is 38.9 Å². The van der Waals surface area contributed by atoms with Crippen LogP contribution < -0.4 is 0 Å². The van der Waals surface area contributed by atoms with Crippen LogP contribution in [0.3, 0.4) is 0 Å². The van der Waals surface area contributed by atoms with Crippen molar-refractivity contribution in [3.05, 3.63) is 37.2 Å². The standard InChI is InChI=1S/C15H23N5/c1-5-17-20(8-1)9-2-7-18-10-3-15(4-11-18)13-19-12-6-16-14-19/h1,5-6,8,12,14-15H,2-4,7,9-11,13H2. The second-order valence-electron chi connectivity index (χ2n) is 5.67. The summed E-state index contributed by atoms with van der Waals surface area (Å²) < 4.78 is 4.23. The van der Waals surface area contributed by atoms with Gasteiger partial charge in [0.25, 0.3) is 0 Å². The van der Waals surface area contributed by atoms with Crippen LogP contribution in [0.1, 0.15) is 19.3 Å². The number of likely N-dealkylation sites (tertiary alicyclic amines) is 1. The number of nitrogens with zero attached hydrogens (tertiary/aromatic N) is 5. The zero-order valence-electron chi connectivity index (χ0n) is 11.9. The fraction of sp³-hybridized carbons (Fsp3) is 0.600. The molecule has 2 aromatic rings. The lowest BCUT2D eigenvalue weighted by Gasteiger charge is -2.32. The van der Waals surface area contributed by atoms with Crippen molar-refractivity contribution in [2.24, 2.45) is 5.92 Å². The zero-order chi connectivity index (χ0) is 13.6. The molecule has 1 aliphatic rings. The molecule has 108 valence electrons. The average molecular weight is 273 g/mol. The molecule has 3 heterocycles. The predicted octanol–water partition coefficient (Wildman–Crippen LogP) is 1.88. The van der Waals surface area contributed by atoms with Crippen LogP contribution in [0.25, 0.3) is 0 Å². The highest BCUT2D eigenvalue weighted by Gasteiger charge is 2.18. The summed E-state index contributed by atoms with van der Waals surface area (Å²) in [5.41, 5.74) is 0. The lowest BCUT2D eigenvalue weighted by atomic mass is 9.96. The van der Waals surface area contributed by atoms with Gasteiger partial charge in [0, 0.05) is 37.9 Å². The first-order valence-electron chi connectivity index (χ1n) is 7.56. The number of aromatic nitrogens is 4. The quantitative estimate of drug-likeness (QED) is 0.806. The van der Waals surface area contributed by atoms with E-state index in [2.05, 4.69) is 25.7 Å². The van der Waals surface area contributed by atoms with E-state index in [-0.39, 0.29) is 0 Å². The Morgan fingerprint density at radius 3 is 2.65 bits per heavy atom. The summed E-state index contributed by atoms with van der Waals surface area (Å²) in [5.74, 6) is 0.812. The molecule has 20 heavy (non-hydrogen) atoms. The molecule has 0 amide bonds. The minimum absolute atomic E-state index is 0.812. The molecule has 0 saturated carbocycles.